The Kier molecular flexibility index (Phi) is 4.68. The lowest BCUT2D eigenvalue weighted by Crippen LogP contribution is -2.14. The summed E-state index contributed by atoms with van der Waals surface area (Å²) in [6, 6.07) is 12.5. The van der Waals surface area contributed by atoms with Crippen LogP contribution < -0.4 is 4.72 Å². The first kappa shape index (κ1) is 17.9. The number of anilines is 1. The topological polar surface area (TPSA) is 76.9 Å². The molecule has 0 saturated heterocycles. The first-order valence-corrected chi connectivity index (χ1v) is 8.86. The smallest absolute Gasteiger partial charge is 0.246 e. The third-order valence-electron chi connectivity index (χ3n) is 3.41. The molecule has 0 aliphatic rings. The summed E-state index contributed by atoms with van der Waals surface area (Å²) in [6.07, 6.45) is -3.20. The first-order valence-electron chi connectivity index (χ1n) is 7.37. The van der Waals surface area contributed by atoms with Crippen LogP contribution in [0.2, 0.25) is 0 Å². The number of hydrogen-bond donors (Lipinski definition) is 1. The Bertz CT molecular complexity index is 1000. The minimum absolute atomic E-state index is 0.0178. The number of halogens is 3. The second-order valence-corrected chi connectivity index (χ2v) is 7.06. The van der Waals surface area contributed by atoms with Crippen molar-refractivity contribution in [2.24, 2.45) is 0 Å². The Balaban J connectivity index is 1.75. The van der Waals surface area contributed by atoms with Crippen molar-refractivity contribution in [3.05, 3.63) is 72.1 Å². The fourth-order valence-electron chi connectivity index (χ4n) is 2.23. The van der Waals surface area contributed by atoms with E-state index in [1.54, 1.807) is 18.2 Å². The number of sulfonamides is 1. The molecule has 0 fully saturated rings. The minimum atomic E-state index is -4.44. The van der Waals surface area contributed by atoms with Gasteiger partial charge in [0, 0.05) is 0 Å². The van der Waals surface area contributed by atoms with Gasteiger partial charge in [0.2, 0.25) is 0 Å². The highest BCUT2D eigenvalue weighted by molar-refractivity contribution is 7.92. The van der Waals surface area contributed by atoms with E-state index in [0.29, 0.717) is 5.56 Å². The van der Waals surface area contributed by atoms with Gasteiger partial charge < -0.3 is 0 Å². The Hall–Kier alpha value is -2.88. The molecular weight excluding hydrogens is 369 g/mol. The van der Waals surface area contributed by atoms with Gasteiger partial charge in [-0.1, -0.05) is 30.3 Å². The van der Waals surface area contributed by atoms with Crippen molar-refractivity contribution in [1.82, 2.24) is 14.8 Å². The van der Waals surface area contributed by atoms with E-state index in [9.17, 15) is 21.6 Å². The quantitative estimate of drug-likeness (QED) is 0.736. The lowest BCUT2D eigenvalue weighted by molar-refractivity contribution is -0.137. The maximum absolute atomic E-state index is 12.7. The number of benzene rings is 2. The molecule has 26 heavy (non-hydrogen) atoms. The van der Waals surface area contributed by atoms with E-state index in [4.69, 9.17) is 0 Å². The lowest BCUT2D eigenvalue weighted by Gasteiger charge is -2.08. The molecule has 3 rings (SSSR count). The van der Waals surface area contributed by atoms with Gasteiger partial charge in [-0.15, -0.1) is 5.10 Å². The molecule has 136 valence electrons. The average Bonchev–Trinajstić information content (AvgIpc) is 3.01. The molecule has 0 spiro atoms. The Labute approximate surface area is 147 Å². The van der Waals surface area contributed by atoms with E-state index in [1.807, 2.05) is 0 Å². The van der Waals surface area contributed by atoms with Crippen molar-refractivity contribution in [2.45, 2.75) is 17.6 Å². The van der Waals surface area contributed by atoms with Gasteiger partial charge in [-0.2, -0.15) is 18.2 Å². The van der Waals surface area contributed by atoms with Gasteiger partial charge in [0.05, 0.1) is 17.0 Å². The summed E-state index contributed by atoms with van der Waals surface area (Å²) in [7, 11) is -3.84. The Morgan fingerprint density at radius 1 is 1.04 bits per heavy atom. The molecule has 10 heteroatoms. The van der Waals surface area contributed by atoms with E-state index < -0.39 is 21.8 Å². The van der Waals surface area contributed by atoms with Gasteiger partial charge in [0.15, 0.2) is 0 Å². The summed E-state index contributed by atoms with van der Waals surface area (Å²) in [6.45, 7) is 0.0178. The number of nitrogens with one attached hydrogen (secondary N) is 1. The number of rotatable bonds is 5. The van der Waals surface area contributed by atoms with Crippen LogP contribution in [-0.2, 0) is 22.7 Å². The van der Waals surface area contributed by atoms with Crippen LogP contribution in [0.1, 0.15) is 11.1 Å². The van der Waals surface area contributed by atoms with Gasteiger partial charge in [0.25, 0.3) is 16.0 Å². The molecule has 3 aromatic rings. The Morgan fingerprint density at radius 2 is 1.77 bits per heavy atom. The molecule has 1 aromatic heterocycles. The van der Waals surface area contributed by atoms with Crippen LogP contribution in [0.5, 0.6) is 0 Å². The monoisotopic (exact) mass is 382 g/mol. The van der Waals surface area contributed by atoms with Crippen LogP contribution in [0, 0.1) is 0 Å². The molecule has 2 aromatic carbocycles. The summed E-state index contributed by atoms with van der Waals surface area (Å²) in [5, 5.41) is 3.94. The van der Waals surface area contributed by atoms with Crippen molar-refractivity contribution >= 4 is 16.0 Å². The van der Waals surface area contributed by atoms with Gasteiger partial charge >= 0.3 is 6.18 Å². The second-order valence-electron chi connectivity index (χ2n) is 5.38. The van der Waals surface area contributed by atoms with Crippen LogP contribution in [0.4, 0.5) is 19.1 Å². The summed E-state index contributed by atoms with van der Waals surface area (Å²) in [4.78, 5) is 3.88. The van der Waals surface area contributed by atoms with Crippen LogP contribution >= 0.6 is 0 Å². The number of aromatic nitrogens is 3. The van der Waals surface area contributed by atoms with Crippen molar-refractivity contribution in [3.8, 4) is 0 Å². The van der Waals surface area contributed by atoms with Crippen LogP contribution in [0.3, 0.4) is 0 Å². The maximum atomic E-state index is 12.7. The zero-order chi connectivity index (χ0) is 18.8. The number of nitrogens with zero attached hydrogens (tertiary/aromatic N) is 3. The molecule has 0 aliphatic heterocycles. The van der Waals surface area contributed by atoms with Gasteiger partial charge in [-0.05, 0) is 29.8 Å². The number of hydrogen-bond acceptors (Lipinski definition) is 4. The van der Waals surface area contributed by atoms with E-state index in [1.165, 1.54) is 35.3 Å². The van der Waals surface area contributed by atoms with Gasteiger partial charge in [-0.25, -0.2) is 17.8 Å². The summed E-state index contributed by atoms with van der Waals surface area (Å²) in [5.41, 5.74) is -0.401. The summed E-state index contributed by atoms with van der Waals surface area (Å²) in [5.74, 6) is -0.166. The summed E-state index contributed by atoms with van der Waals surface area (Å²) < 4.78 is 66.1. The molecule has 0 bridgehead atoms. The van der Waals surface area contributed by atoms with E-state index >= 15 is 0 Å². The van der Waals surface area contributed by atoms with E-state index in [0.717, 1.165) is 12.1 Å². The summed E-state index contributed by atoms with van der Waals surface area (Å²) >= 11 is 0. The zero-order valence-electron chi connectivity index (χ0n) is 13.2. The van der Waals surface area contributed by atoms with E-state index in [2.05, 4.69) is 14.8 Å². The highest BCUT2D eigenvalue weighted by Crippen LogP contribution is 2.29. The van der Waals surface area contributed by atoms with Gasteiger partial charge in [-0.3, -0.25) is 0 Å². The standard InChI is InChI=1S/C16H13F3N4O2S/c17-16(18,19)13-6-4-5-12(9-13)10-23-11-20-15(21-23)22-26(24,25)14-7-2-1-3-8-14/h1-9,11H,10H2,(H,21,22). The van der Waals surface area contributed by atoms with Crippen LogP contribution in [0.25, 0.3) is 0 Å². The average molecular weight is 382 g/mol. The molecule has 0 amide bonds. The van der Waals surface area contributed by atoms with Crippen molar-refractivity contribution in [3.63, 3.8) is 0 Å². The second kappa shape index (κ2) is 6.79. The first-order chi connectivity index (χ1) is 12.2. The normalized spacial score (nSPS) is 12.1. The molecule has 1 N–H and O–H groups in total. The van der Waals surface area contributed by atoms with Gasteiger partial charge in [0.1, 0.15) is 6.33 Å². The highest BCUT2D eigenvalue weighted by Gasteiger charge is 2.30. The van der Waals surface area contributed by atoms with Crippen molar-refractivity contribution in [2.75, 3.05) is 4.72 Å². The molecule has 0 saturated carbocycles. The molecule has 1 heterocycles. The SMILES string of the molecule is O=S(=O)(Nc1ncn(Cc2cccc(C(F)(F)F)c2)n1)c1ccccc1. The van der Waals surface area contributed by atoms with E-state index in [-0.39, 0.29) is 17.4 Å². The van der Waals surface area contributed by atoms with Crippen LogP contribution in [0.15, 0.2) is 65.8 Å². The zero-order valence-corrected chi connectivity index (χ0v) is 14.0. The fourth-order valence-corrected chi connectivity index (χ4v) is 3.20. The maximum Gasteiger partial charge on any atom is 0.416 e. The third-order valence-corrected chi connectivity index (χ3v) is 4.76. The minimum Gasteiger partial charge on any atom is -0.246 e. The fraction of sp³-hybridized carbons (Fsp3) is 0.125. The number of alkyl halides is 3. The van der Waals surface area contributed by atoms with Crippen LogP contribution in [-0.4, -0.2) is 23.2 Å². The van der Waals surface area contributed by atoms with Crippen molar-refractivity contribution in [1.29, 1.82) is 0 Å². The highest BCUT2D eigenvalue weighted by atomic mass is 32.2. The Morgan fingerprint density at radius 3 is 2.46 bits per heavy atom. The molecule has 0 radical (unpaired) electrons. The lowest BCUT2D eigenvalue weighted by atomic mass is 10.1. The molecule has 0 unspecified atom stereocenters. The molecule has 0 atom stereocenters. The largest absolute Gasteiger partial charge is 0.416 e. The third kappa shape index (κ3) is 4.20. The molecule has 0 aliphatic carbocycles. The predicted molar refractivity (Wildman–Crippen MR) is 87.8 cm³/mol. The molecular formula is C16H13F3N4O2S. The predicted octanol–water partition coefficient (Wildman–Crippen LogP) is 3.15. The van der Waals surface area contributed by atoms with Crippen molar-refractivity contribution < 1.29 is 21.6 Å². The molecule has 6 nitrogen and oxygen atoms in total.